The number of nitrogens with one attached hydrogen (secondary N) is 2. The lowest BCUT2D eigenvalue weighted by Crippen LogP contribution is -2.38. The molecule has 1 unspecified atom stereocenters. The lowest BCUT2D eigenvalue weighted by atomic mass is 9.81. The van der Waals surface area contributed by atoms with E-state index in [-0.39, 0.29) is 37.5 Å². The molecule has 2 amide bonds. The van der Waals surface area contributed by atoms with Gasteiger partial charge in [-0.1, -0.05) is 0 Å². The Labute approximate surface area is 232 Å². The zero-order valence-corrected chi connectivity index (χ0v) is 22.5. The number of imidazole rings is 1. The van der Waals surface area contributed by atoms with Crippen molar-refractivity contribution in [3.63, 3.8) is 0 Å². The summed E-state index contributed by atoms with van der Waals surface area (Å²) < 4.78 is 68.7. The molecule has 41 heavy (non-hydrogen) atoms. The first-order valence-corrected chi connectivity index (χ1v) is 13.8. The number of hydrogen-bond donors (Lipinski definition) is 2. The largest absolute Gasteiger partial charge is 0.389 e. The van der Waals surface area contributed by atoms with Crippen molar-refractivity contribution in [2.24, 2.45) is 11.8 Å². The number of aromatic nitrogens is 5. The van der Waals surface area contributed by atoms with E-state index in [4.69, 9.17) is 0 Å². The summed E-state index contributed by atoms with van der Waals surface area (Å²) in [6.07, 6.45) is -0.108. The van der Waals surface area contributed by atoms with Crippen LogP contribution in [0.2, 0.25) is 0 Å². The molecule has 2 N–H and O–H groups in total. The molecule has 3 aromatic rings. The summed E-state index contributed by atoms with van der Waals surface area (Å²) in [4.78, 5) is 30.2. The van der Waals surface area contributed by atoms with Crippen LogP contribution in [0.1, 0.15) is 92.1 Å². The number of fused-ring (bicyclic) bond motifs is 1. The third-order valence-electron chi connectivity index (χ3n) is 7.85. The molecule has 2 fully saturated rings. The maximum absolute atomic E-state index is 14.0. The van der Waals surface area contributed by atoms with Gasteiger partial charge in [-0.2, -0.15) is 23.4 Å². The number of alkyl halides is 5. The van der Waals surface area contributed by atoms with Crippen molar-refractivity contribution in [3.8, 4) is 0 Å². The highest BCUT2D eigenvalue weighted by molar-refractivity contribution is 5.92. The molecular formula is C27H32F5N7O2. The van der Waals surface area contributed by atoms with Gasteiger partial charge >= 0.3 is 6.18 Å². The molecule has 3 heterocycles. The van der Waals surface area contributed by atoms with Crippen LogP contribution in [-0.4, -0.2) is 48.3 Å². The quantitative estimate of drug-likeness (QED) is 0.322. The molecule has 5 rings (SSSR count). The number of nitrogens with zero attached hydrogens (tertiary/aromatic N) is 5. The normalized spacial score (nSPS) is 19.2. The molecule has 0 aromatic carbocycles. The maximum Gasteiger partial charge on any atom is 0.389 e. The first-order valence-electron chi connectivity index (χ1n) is 13.8. The highest BCUT2D eigenvalue weighted by atomic mass is 19.4. The molecule has 2 aliphatic carbocycles. The fourth-order valence-corrected chi connectivity index (χ4v) is 5.46. The Hall–Kier alpha value is -3.58. The Morgan fingerprint density at radius 3 is 2.44 bits per heavy atom. The predicted molar refractivity (Wildman–Crippen MR) is 137 cm³/mol. The molecule has 2 aliphatic rings. The standard InChI is InChI=1S/C27H32F5N7O2/c1-2-38-20(8-12-33-38)25(41)37-24(17-5-9-26(28,29)10-6-17)19-15-39-21(35-19)13-18(14-34-39)23(16-3-4-16)36-22(40)7-11-27(30,31)32/h8,12-17,23-24H,2-7,9-11H2,1H3,(H,36,40)(H,37,41)/t23?,24-/m0/s1. The Morgan fingerprint density at radius 2 is 1.78 bits per heavy atom. The summed E-state index contributed by atoms with van der Waals surface area (Å²) in [6.45, 7) is 2.33. The molecule has 9 nitrogen and oxygen atoms in total. The summed E-state index contributed by atoms with van der Waals surface area (Å²) in [5.74, 6) is -4.03. The van der Waals surface area contributed by atoms with Crippen molar-refractivity contribution in [2.45, 2.75) is 89.0 Å². The Kier molecular flexibility index (Phi) is 8.02. The number of amides is 2. The molecular weight excluding hydrogens is 549 g/mol. The van der Waals surface area contributed by atoms with Crippen molar-refractivity contribution in [1.82, 2.24) is 35.0 Å². The summed E-state index contributed by atoms with van der Waals surface area (Å²) in [5.41, 5.74) is 1.82. The van der Waals surface area contributed by atoms with Crippen LogP contribution in [0.4, 0.5) is 22.0 Å². The lowest BCUT2D eigenvalue weighted by molar-refractivity contribution is -0.144. The van der Waals surface area contributed by atoms with Crippen molar-refractivity contribution >= 4 is 17.5 Å². The van der Waals surface area contributed by atoms with E-state index < -0.39 is 48.8 Å². The van der Waals surface area contributed by atoms with Gasteiger partial charge in [0, 0.05) is 32.0 Å². The first kappa shape index (κ1) is 28.9. The molecule has 0 saturated heterocycles. The fraction of sp³-hybridized carbons (Fsp3) is 0.593. The van der Waals surface area contributed by atoms with Crippen molar-refractivity contribution in [1.29, 1.82) is 0 Å². The van der Waals surface area contributed by atoms with Crippen LogP contribution in [-0.2, 0) is 11.3 Å². The lowest BCUT2D eigenvalue weighted by Gasteiger charge is -2.33. The fourth-order valence-electron chi connectivity index (χ4n) is 5.46. The van der Waals surface area contributed by atoms with Crippen LogP contribution in [0.3, 0.4) is 0 Å². The molecule has 3 aromatic heterocycles. The monoisotopic (exact) mass is 581 g/mol. The van der Waals surface area contributed by atoms with Crippen LogP contribution in [0.25, 0.3) is 5.65 Å². The van der Waals surface area contributed by atoms with Gasteiger partial charge in [-0.3, -0.25) is 14.3 Å². The van der Waals surface area contributed by atoms with Crippen molar-refractivity contribution in [2.75, 3.05) is 0 Å². The van der Waals surface area contributed by atoms with E-state index in [9.17, 15) is 31.5 Å². The molecule has 2 atom stereocenters. The van der Waals surface area contributed by atoms with E-state index >= 15 is 0 Å². The topological polar surface area (TPSA) is 106 Å². The van der Waals surface area contributed by atoms with E-state index in [0.717, 1.165) is 12.8 Å². The van der Waals surface area contributed by atoms with E-state index in [1.165, 1.54) is 10.7 Å². The Bertz CT molecular complexity index is 1390. The van der Waals surface area contributed by atoms with Crippen LogP contribution in [0.15, 0.2) is 30.7 Å². The molecule has 14 heteroatoms. The average molecular weight is 582 g/mol. The van der Waals surface area contributed by atoms with Gasteiger partial charge in [0.25, 0.3) is 5.91 Å². The van der Waals surface area contributed by atoms with Gasteiger partial charge in [0.1, 0.15) is 5.69 Å². The summed E-state index contributed by atoms with van der Waals surface area (Å²) in [7, 11) is 0. The smallest absolute Gasteiger partial charge is 0.349 e. The van der Waals surface area contributed by atoms with Gasteiger partial charge in [0.2, 0.25) is 11.8 Å². The van der Waals surface area contributed by atoms with Crippen molar-refractivity contribution < 1.29 is 31.5 Å². The van der Waals surface area contributed by atoms with E-state index in [2.05, 4.69) is 25.8 Å². The SMILES string of the molecule is CCn1nccc1C(=O)N[C@H](c1cn2ncc(C(NC(=O)CCC(F)(F)F)C3CC3)cc2n1)C1CCC(F)(F)CC1. The van der Waals surface area contributed by atoms with Gasteiger partial charge < -0.3 is 10.6 Å². The minimum absolute atomic E-state index is 0.0860. The van der Waals surface area contributed by atoms with Gasteiger partial charge in [0.05, 0.1) is 36.6 Å². The van der Waals surface area contributed by atoms with Crippen LogP contribution >= 0.6 is 0 Å². The van der Waals surface area contributed by atoms with Crippen LogP contribution in [0, 0.1) is 11.8 Å². The minimum Gasteiger partial charge on any atom is -0.349 e. The van der Waals surface area contributed by atoms with Crippen LogP contribution < -0.4 is 10.6 Å². The van der Waals surface area contributed by atoms with E-state index in [0.29, 0.717) is 29.1 Å². The maximum atomic E-state index is 14.0. The van der Waals surface area contributed by atoms with Crippen molar-refractivity contribution in [3.05, 3.63) is 47.7 Å². The van der Waals surface area contributed by atoms with E-state index in [1.807, 2.05) is 6.92 Å². The molecule has 0 radical (unpaired) electrons. The second-order valence-corrected chi connectivity index (χ2v) is 10.9. The number of rotatable bonds is 10. The predicted octanol–water partition coefficient (Wildman–Crippen LogP) is 5.15. The Balaban J connectivity index is 1.40. The minimum atomic E-state index is -4.42. The van der Waals surface area contributed by atoms with Gasteiger partial charge in [-0.05, 0) is 62.1 Å². The third-order valence-corrected chi connectivity index (χ3v) is 7.85. The number of hydrogen-bond acceptors (Lipinski definition) is 5. The summed E-state index contributed by atoms with van der Waals surface area (Å²) in [5, 5.41) is 14.3. The molecule has 222 valence electrons. The zero-order chi connectivity index (χ0) is 29.4. The van der Waals surface area contributed by atoms with Crippen LogP contribution in [0.5, 0.6) is 0 Å². The second-order valence-electron chi connectivity index (χ2n) is 10.9. The third kappa shape index (κ3) is 7.02. The highest BCUT2D eigenvalue weighted by Gasteiger charge is 2.40. The number of carbonyl (C=O) groups excluding carboxylic acids is 2. The molecule has 0 bridgehead atoms. The molecule has 0 spiro atoms. The van der Waals surface area contributed by atoms with Gasteiger partial charge in [-0.15, -0.1) is 0 Å². The van der Waals surface area contributed by atoms with Gasteiger partial charge in [0.15, 0.2) is 5.65 Å². The van der Waals surface area contributed by atoms with Gasteiger partial charge in [-0.25, -0.2) is 18.3 Å². The second kappa shape index (κ2) is 11.4. The van der Waals surface area contributed by atoms with E-state index in [1.54, 1.807) is 29.2 Å². The highest BCUT2D eigenvalue weighted by Crippen LogP contribution is 2.43. The number of aryl methyl sites for hydroxylation is 1. The number of carbonyl (C=O) groups is 2. The molecule has 0 aliphatic heterocycles. The molecule has 2 saturated carbocycles. The zero-order valence-electron chi connectivity index (χ0n) is 22.5. The first-order chi connectivity index (χ1) is 19.4. The summed E-state index contributed by atoms with van der Waals surface area (Å²) in [6, 6.07) is 2.14. The summed E-state index contributed by atoms with van der Waals surface area (Å²) >= 11 is 0. The number of halogens is 5. The average Bonchev–Trinajstić information content (AvgIpc) is 3.48. The Morgan fingerprint density at radius 1 is 1.07 bits per heavy atom.